The summed E-state index contributed by atoms with van der Waals surface area (Å²) >= 11 is 3.68. The number of nitrogens with zero attached hydrogens (tertiary/aromatic N) is 1. The Kier molecular flexibility index (Phi) is 13.2. The second-order valence-electron chi connectivity index (χ2n) is 15.5. The first kappa shape index (κ1) is 41.6. The van der Waals surface area contributed by atoms with Gasteiger partial charge in [-0.05, 0) is 96.0 Å². The molecular formula is C46H54IrNO2S2-. The van der Waals surface area contributed by atoms with E-state index < -0.39 is 0 Å². The van der Waals surface area contributed by atoms with Gasteiger partial charge in [-0.3, -0.25) is 9.78 Å². The summed E-state index contributed by atoms with van der Waals surface area (Å²) in [5, 5.41) is 17.4. The smallest absolute Gasteiger partial charge is 0.164 e. The molecule has 0 aliphatic heterocycles. The van der Waals surface area contributed by atoms with Gasteiger partial charge in [0.2, 0.25) is 0 Å². The first-order valence-electron chi connectivity index (χ1n) is 18.4. The van der Waals surface area contributed by atoms with E-state index in [4.69, 9.17) is 4.98 Å². The summed E-state index contributed by atoms with van der Waals surface area (Å²) < 4.78 is 2.59. The number of carbonyl (C=O) groups excluding carboxylic acids is 1. The fourth-order valence-electron chi connectivity index (χ4n) is 6.57. The van der Waals surface area contributed by atoms with Crippen LogP contribution in [-0.4, -0.2) is 15.9 Å². The molecule has 3 aromatic heterocycles. The number of hydrogen-bond donors (Lipinski definition) is 1. The number of fused-ring (bicyclic) bond motifs is 3. The molecule has 3 heterocycles. The Morgan fingerprint density at radius 2 is 1.50 bits per heavy atom. The third kappa shape index (κ3) is 8.16. The first-order valence-corrected chi connectivity index (χ1v) is 20.1. The van der Waals surface area contributed by atoms with E-state index in [2.05, 4.69) is 101 Å². The standard InChI is InChI=1S/C31H26NS2.C15H28O2.Ir/c1-18-17-33-27-11-10-21(15-25(18)27)29-19(2)23-12-13-32-28(30(23)34-29)22-14-20-8-6-7-9-24(20)26(16-22)31(3,4)5;1-7-14(5,8-2)12(16)11-13(17)15(6,9-3)10-4;/h6-13,15-17H,1-5H3;11,16H,7-10H2,1-6H3;/q-1;;/b;12-11-;. The van der Waals surface area contributed by atoms with Crippen molar-refractivity contribution in [3.63, 3.8) is 0 Å². The number of pyridine rings is 1. The number of aliphatic hydroxyl groups excluding tert-OH is 1. The van der Waals surface area contributed by atoms with Gasteiger partial charge in [0.25, 0.3) is 0 Å². The normalized spacial score (nSPS) is 12.6. The number of thiophene rings is 2. The Bertz CT molecular complexity index is 2220. The second kappa shape index (κ2) is 16.5. The van der Waals surface area contributed by atoms with Crippen molar-refractivity contribution in [2.45, 2.75) is 107 Å². The van der Waals surface area contributed by atoms with Crippen LogP contribution >= 0.6 is 22.7 Å². The molecule has 0 spiro atoms. The summed E-state index contributed by atoms with van der Waals surface area (Å²) in [5.74, 6) is 0.286. The van der Waals surface area contributed by atoms with Crippen molar-refractivity contribution < 1.29 is 30.0 Å². The molecule has 6 heteroatoms. The molecule has 3 nitrogen and oxygen atoms in total. The Morgan fingerprint density at radius 3 is 2.13 bits per heavy atom. The minimum Gasteiger partial charge on any atom is -0.512 e. The summed E-state index contributed by atoms with van der Waals surface area (Å²) in [5.41, 5.74) is 6.83. The molecule has 3 aromatic carbocycles. The maximum absolute atomic E-state index is 12.2. The van der Waals surface area contributed by atoms with Gasteiger partial charge in [0, 0.05) is 63.2 Å². The molecule has 0 amide bonds. The van der Waals surface area contributed by atoms with Crippen LogP contribution in [0.4, 0.5) is 0 Å². The third-order valence-electron chi connectivity index (χ3n) is 11.3. The molecular weight excluding hydrogens is 855 g/mol. The molecule has 6 rings (SSSR count). The molecule has 0 aliphatic carbocycles. The number of benzene rings is 3. The van der Waals surface area contributed by atoms with Crippen molar-refractivity contribution in [3.05, 3.63) is 101 Å². The van der Waals surface area contributed by atoms with Crippen LogP contribution in [-0.2, 0) is 30.3 Å². The molecule has 52 heavy (non-hydrogen) atoms. The minimum absolute atomic E-state index is 0. The van der Waals surface area contributed by atoms with Gasteiger partial charge in [-0.1, -0.05) is 97.5 Å². The molecule has 0 fully saturated rings. The number of carbonyl (C=O) groups is 1. The fraction of sp³-hybridized carbons (Fsp3) is 0.391. The molecule has 0 unspecified atom stereocenters. The van der Waals surface area contributed by atoms with Gasteiger partial charge in [0.1, 0.15) is 5.76 Å². The Morgan fingerprint density at radius 1 is 0.846 bits per heavy atom. The van der Waals surface area contributed by atoms with Crippen LogP contribution in [0, 0.1) is 30.7 Å². The van der Waals surface area contributed by atoms with E-state index in [1.165, 1.54) is 58.8 Å². The maximum Gasteiger partial charge on any atom is 0.164 e. The Labute approximate surface area is 333 Å². The van der Waals surface area contributed by atoms with Crippen molar-refractivity contribution in [3.8, 4) is 21.7 Å². The summed E-state index contributed by atoms with van der Waals surface area (Å²) in [6, 6.07) is 23.6. The largest absolute Gasteiger partial charge is 0.512 e. The zero-order chi connectivity index (χ0) is 37.3. The van der Waals surface area contributed by atoms with Gasteiger partial charge in [-0.15, -0.1) is 51.8 Å². The molecule has 0 aliphatic rings. The van der Waals surface area contributed by atoms with E-state index >= 15 is 0 Å². The Balaban J connectivity index is 0.000000289. The zero-order valence-corrected chi connectivity index (χ0v) is 36.7. The van der Waals surface area contributed by atoms with Crippen molar-refractivity contribution in [1.82, 2.24) is 4.98 Å². The van der Waals surface area contributed by atoms with Crippen LogP contribution in [0.3, 0.4) is 0 Å². The second-order valence-corrected chi connectivity index (χ2v) is 17.5. The molecule has 0 bridgehead atoms. The average molecular weight is 909 g/mol. The van der Waals surface area contributed by atoms with Gasteiger partial charge in [0.15, 0.2) is 5.78 Å². The minimum atomic E-state index is -0.337. The molecule has 0 atom stereocenters. The van der Waals surface area contributed by atoms with Crippen molar-refractivity contribution in [1.29, 1.82) is 0 Å². The van der Waals surface area contributed by atoms with Crippen LogP contribution in [0.5, 0.6) is 0 Å². The van der Waals surface area contributed by atoms with Gasteiger partial charge in [0.05, 0.1) is 0 Å². The monoisotopic (exact) mass is 909 g/mol. The van der Waals surface area contributed by atoms with Crippen LogP contribution in [0.15, 0.2) is 78.0 Å². The van der Waals surface area contributed by atoms with Crippen LogP contribution in [0.25, 0.3) is 52.6 Å². The molecule has 1 N–H and O–H groups in total. The topological polar surface area (TPSA) is 50.2 Å². The molecule has 277 valence electrons. The predicted molar refractivity (Wildman–Crippen MR) is 223 cm³/mol. The van der Waals surface area contributed by atoms with Crippen molar-refractivity contribution in [2.24, 2.45) is 10.8 Å². The number of rotatable bonds is 9. The first-order chi connectivity index (χ1) is 24.1. The van der Waals surface area contributed by atoms with Crippen molar-refractivity contribution in [2.75, 3.05) is 0 Å². The summed E-state index contributed by atoms with van der Waals surface area (Å²) in [6.45, 7) is 23.4. The van der Waals surface area contributed by atoms with Crippen LogP contribution in [0.2, 0.25) is 0 Å². The van der Waals surface area contributed by atoms with E-state index in [0.29, 0.717) is 0 Å². The SMILES string of the molecule is CCC(C)(CC)C(=O)/C=C(\O)C(C)(CC)CC.Cc1csc2ccc(-c3sc4c(-c5[c-]c6ccccc6c(C(C)(C)C)c5)nccc4c3C)cc12.[Ir]. The molecule has 6 aromatic rings. The van der Waals surface area contributed by atoms with Gasteiger partial charge >= 0.3 is 0 Å². The quantitative estimate of drug-likeness (QED) is 0.0893. The summed E-state index contributed by atoms with van der Waals surface area (Å²) in [4.78, 5) is 18.4. The van der Waals surface area contributed by atoms with E-state index in [-0.39, 0.29) is 47.9 Å². The summed E-state index contributed by atoms with van der Waals surface area (Å²) in [6.07, 6.45) is 6.71. The average Bonchev–Trinajstić information content (AvgIpc) is 3.68. The molecule has 1 radical (unpaired) electrons. The molecule has 0 saturated carbocycles. The number of aryl methyl sites for hydroxylation is 2. The third-order valence-corrected chi connectivity index (χ3v) is 13.8. The predicted octanol–water partition coefficient (Wildman–Crippen LogP) is 14.4. The number of allylic oxidation sites excluding steroid dienone is 2. The van der Waals surface area contributed by atoms with Gasteiger partial charge in [-0.2, -0.15) is 0 Å². The molecule has 0 saturated heterocycles. The van der Waals surface area contributed by atoms with Gasteiger partial charge < -0.3 is 5.11 Å². The van der Waals surface area contributed by atoms with E-state index in [1.807, 2.05) is 70.4 Å². The fourth-order valence-corrected chi connectivity index (χ4v) is 8.80. The number of hydrogen-bond acceptors (Lipinski definition) is 5. The number of ketones is 1. The van der Waals surface area contributed by atoms with E-state index in [0.717, 1.165) is 42.3 Å². The number of aliphatic hydroxyl groups is 1. The number of aromatic nitrogens is 1. The zero-order valence-electron chi connectivity index (χ0n) is 32.7. The maximum atomic E-state index is 12.2. The summed E-state index contributed by atoms with van der Waals surface area (Å²) in [7, 11) is 0. The van der Waals surface area contributed by atoms with Crippen LogP contribution in [0.1, 0.15) is 105 Å². The van der Waals surface area contributed by atoms with E-state index in [1.54, 1.807) is 0 Å². The Hall–Kier alpha value is -3.15. The van der Waals surface area contributed by atoms with Crippen molar-refractivity contribution >= 4 is 59.4 Å². The van der Waals surface area contributed by atoms with Gasteiger partial charge in [-0.25, -0.2) is 0 Å². The van der Waals surface area contributed by atoms with Crippen LogP contribution < -0.4 is 0 Å². The van der Waals surface area contributed by atoms with E-state index in [9.17, 15) is 9.90 Å².